The summed E-state index contributed by atoms with van der Waals surface area (Å²) in [7, 11) is 0. The first-order chi connectivity index (χ1) is 27.9. The van der Waals surface area contributed by atoms with Gasteiger partial charge in [-0.05, 0) is 59.3 Å². The maximum atomic E-state index is 13.4. The molecule has 0 rings (SSSR count). The van der Waals surface area contributed by atoms with Gasteiger partial charge in [0, 0.05) is 26.1 Å². The van der Waals surface area contributed by atoms with E-state index in [9.17, 15) is 19.5 Å². The molecule has 0 heterocycles. The summed E-state index contributed by atoms with van der Waals surface area (Å²) in [5.74, 6) is -0.448. The molecule has 8 nitrogen and oxygen atoms in total. The lowest BCUT2D eigenvalue weighted by molar-refractivity contribution is -0.146. The van der Waals surface area contributed by atoms with Crippen molar-refractivity contribution in [2.45, 2.75) is 271 Å². The lowest BCUT2D eigenvalue weighted by Gasteiger charge is -2.36. The van der Waals surface area contributed by atoms with Crippen LogP contribution < -0.4 is 5.32 Å². The molecule has 0 aliphatic heterocycles. The number of aliphatic carboxylic acids is 1. The van der Waals surface area contributed by atoms with Crippen molar-refractivity contribution >= 4 is 18.0 Å². The lowest BCUT2D eigenvalue weighted by Crippen LogP contribution is -2.55. The Morgan fingerprint density at radius 2 is 1.02 bits per heavy atom. The molecular formula is C50H98N2O6. The van der Waals surface area contributed by atoms with Crippen molar-refractivity contribution in [2.24, 2.45) is 5.92 Å². The van der Waals surface area contributed by atoms with E-state index in [-0.39, 0.29) is 12.1 Å². The Bertz CT molecular complexity index is 952. The zero-order valence-electron chi connectivity index (χ0n) is 39.7. The van der Waals surface area contributed by atoms with Crippen molar-refractivity contribution in [2.75, 3.05) is 26.2 Å². The molecular weight excluding hydrogens is 725 g/mol. The minimum atomic E-state index is -1.02. The molecule has 1 unspecified atom stereocenters. The van der Waals surface area contributed by atoms with E-state index in [0.717, 1.165) is 70.6 Å². The molecule has 0 fully saturated rings. The number of rotatable bonds is 42. The molecule has 0 aromatic carbocycles. The van der Waals surface area contributed by atoms with Crippen molar-refractivity contribution < 1.29 is 29.0 Å². The van der Waals surface area contributed by atoms with Crippen LogP contribution in [0.4, 0.5) is 4.79 Å². The van der Waals surface area contributed by atoms with E-state index >= 15 is 0 Å². The largest absolute Gasteiger partial charge is 0.480 e. The Labute approximate surface area is 359 Å². The minimum Gasteiger partial charge on any atom is -0.480 e. The molecule has 0 bridgehead atoms. The highest BCUT2D eigenvalue weighted by molar-refractivity contribution is 5.78. The monoisotopic (exact) mass is 823 g/mol. The standard InChI is InChI=1S/C50H98N2O6/c1-8-12-15-18-21-22-26-31-36-43-57-46(53)39-34-29-24-23-25-30-35-40-50(47(54)55,51-41-42-52(11-4)48(56)58-49(5,6)7)44-45(37-32-27-19-16-13-9-2)38-33-28-20-17-14-10-3/h45,51H,8-44H2,1-7H3,(H,54,55). The van der Waals surface area contributed by atoms with E-state index in [1.165, 1.54) is 122 Å². The maximum absolute atomic E-state index is 13.4. The summed E-state index contributed by atoms with van der Waals surface area (Å²) in [6, 6.07) is 0. The molecule has 344 valence electrons. The second-order valence-corrected chi connectivity index (χ2v) is 18.6. The molecule has 1 amide bonds. The Hall–Kier alpha value is -1.83. The molecule has 0 aromatic rings. The number of carboxylic acid groups (broad SMARTS) is 1. The fraction of sp³-hybridized carbons (Fsp3) is 0.940. The summed E-state index contributed by atoms with van der Waals surface area (Å²) < 4.78 is 11.1. The quantitative estimate of drug-likeness (QED) is 0.0466. The van der Waals surface area contributed by atoms with Crippen LogP contribution in [0.15, 0.2) is 0 Å². The Kier molecular flexibility index (Phi) is 36.9. The maximum Gasteiger partial charge on any atom is 0.410 e. The average molecular weight is 823 g/mol. The van der Waals surface area contributed by atoms with E-state index in [2.05, 4.69) is 26.1 Å². The SMILES string of the molecule is CCCCCCCCCCCOC(=O)CCCCCCCCCC(CC(CCCCCCCC)CCCCCCCC)(NCCN(CC)C(=O)OC(C)(C)C)C(=O)O. The summed E-state index contributed by atoms with van der Waals surface area (Å²) in [5.41, 5.74) is -1.60. The summed E-state index contributed by atoms with van der Waals surface area (Å²) in [4.78, 5) is 40.2. The van der Waals surface area contributed by atoms with E-state index in [4.69, 9.17) is 9.47 Å². The summed E-state index contributed by atoms with van der Waals surface area (Å²) >= 11 is 0. The number of carbonyl (C=O) groups excluding carboxylic acids is 2. The number of hydrogen-bond donors (Lipinski definition) is 2. The van der Waals surface area contributed by atoms with Crippen LogP contribution in [0.2, 0.25) is 0 Å². The molecule has 8 heteroatoms. The van der Waals surface area contributed by atoms with Gasteiger partial charge < -0.3 is 24.8 Å². The molecule has 1 atom stereocenters. The Morgan fingerprint density at radius 1 is 0.586 bits per heavy atom. The number of carbonyl (C=O) groups is 3. The summed E-state index contributed by atoms with van der Waals surface area (Å²) in [6.45, 7) is 16.2. The van der Waals surface area contributed by atoms with Gasteiger partial charge in [-0.2, -0.15) is 0 Å². The molecule has 0 spiro atoms. The van der Waals surface area contributed by atoms with Crippen LogP contribution in [0.1, 0.15) is 260 Å². The van der Waals surface area contributed by atoms with Crippen LogP contribution in [0.3, 0.4) is 0 Å². The number of ether oxygens (including phenoxy) is 2. The summed E-state index contributed by atoms with van der Waals surface area (Å²) in [5, 5.41) is 14.5. The number of nitrogens with one attached hydrogen (secondary N) is 1. The molecule has 58 heavy (non-hydrogen) atoms. The van der Waals surface area contributed by atoms with Crippen LogP contribution in [-0.2, 0) is 19.1 Å². The zero-order valence-corrected chi connectivity index (χ0v) is 39.7. The van der Waals surface area contributed by atoms with Gasteiger partial charge in [0.1, 0.15) is 11.1 Å². The van der Waals surface area contributed by atoms with Crippen molar-refractivity contribution in [1.82, 2.24) is 10.2 Å². The van der Waals surface area contributed by atoms with Crippen LogP contribution in [0.25, 0.3) is 0 Å². The predicted molar refractivity (Wildman–Crippen MR) is 246 cm³/mol. The van der Waals surface area contributed by atoms with E-state index < -0.39 is 17.1 Å². The van der Waals surface area contributed by atoms with Gasteiger partial charge in [0.2, 0.25) is 0 Å². The van der Waals surface area contributed by atoms with Crippen molar-refractivity contribution in [3.63, 3.8) is 0 Å². The Morgan fingerprint density at radius 3 is 1.47 bits per heavy atom. The average Bonchev–Trinajstić information content (AvgIpc) is 3.18. The molecule has 0 aromatic heterocycles. The Balaban J connectivity index is 5.14. The first-order valence-corrected chi connectivity index (χ1v) is 25.1. The third kappa shape index (κ3) is 33.0. The third-order valence-corrected chi connectivity index (χ3v) is 11.9. The molecule has 2 N–H and O–H groups in total. The molecule has 0 aliphatic rings. The first kappa shape index (κ1) is 56.2. The number of hydrogen-bond acceptors (Lipinski definition) is 6. The van der Waals surface area contributed by atoms with Gasteiger partial charge in [-0.1, -0.05) is 201 Å². The molecule has 0 aliphatic carbocycles. The fourth-order valence-electron chi connectivity index (χ4n) is 8.19. The van der Waals surface area contributed by atoms with Gasteiger partial charge in [0.15, 0.2) is 0 Å². The first-order valence-electron chi connectivity index (χ1n) is 25.1. The lowest BCUT2D eigenvalue weighted by atomic mass is 9.78. The topological polar surface area (TPSA) is 105 Å². The van der Waals surface area contributed by atoms with E-state index in [1.807, 2.05) is 27.7 Å². The number of esters is 1. The number of unbranched alkanes of at least 4 members (excludes halogenated alkanes) is 24. The molecule has 0 radical (unpaired) electrons. The van der Waals surface area contributed by atoms with Gasteiger partial charge in [-0.3, -0.25) is 9.59 Å². The van der Waals surface area contributed by atoms with Crippen LogP contribution >= 0.6 is 0 Å². The third-order valence-electron chi connectivity index (χ3n) is 11.9. The number of amides is 1. The summed E-state index contributed by atoms with van der Waals surface area (Å²) in [6.07, 6.45) is 36.9. The number of carboxylic acids is 1. The van der Waals surface area contributed by atoms with Gasteiger partial charge in [-0.15, -0.1) is 0 Å². The van der Waals surface area contributed by atoms with Crippen LogP contribution in [0.5, 0.6) is 0 Å². The van der Waals surface area contributed by atoms with Crippen molar-refractivity contribution in [3.8, 4) is 0 Å². The second kappa shape index (κ2) is 38.1. The highest BCUT2D eigenvalue weighted by Gasteiger charge is 2.39. The van der Waals surface area contributed by atoms with Gasteiger partial charge in [0.05, 0.1) is 6.61 Å². The fourth-order valence-corrected chi connectivity index (χ4v) is 8.19. The van der Waals surface area contributed by atoms with Gasteiger partial charge >= 0.3 is 18.0 Å². The van der Waals surface area contributed by atoms with Crippen LogP contribution in [0, 0.1) is 5.92 Å². The second-order valence-electron chi connectivity index (χ2n) is 18.6. The molecule has 0 saturated heterocycles. The number of likely N-dealkylation sites (N-methyl/N-ethyl adjacent to an activating group) is 1. The minimum absolute atomic E-state index is 0.0588. The van der Waals surface area contributed by atoms with Gasteiger partial charge in [-0.25, -0.2) is 4.79 Å². The molecule has 0 saturated carbocycles. The van der Waals surface area contributed by atoms with Crippen molar-refractivity contribution in [3.05, 3.63) is 0 Å². The predicted octanol–water partition coefficient (Wildman–Crippen LogP) is 14.7. The van der Waals surface area contributed by atoms with Crippen molar-refractivity contribution in [1.29, 1.82) is 0 Å². The smallest absolute Gasteiger partial charge is 0.410 e. The van der Waals surface area contributed by atoms with E-state index in [1.54, 1.807) is 4.90 Å². The highest BCUT2D eigenvalue weighted by Crippen LogP contribution is 2.32. The number of nitrogens with zero attached hydrogens (tertiary/aromatic N) is 1. The normalized spacial score (nSPS) is 12.8. The zero-order chi connectivity index (χ0) is 43.2. The van der Waals surface area contributed by atoms with Gasteiger partial charge in [0.25, 0.3) is 0 Å². The van der Waals surface area contributed by atoms with Crippen LogP contribution in [-0.4, -0.2) is 65.4 Å². The highest BCUT2D eigenvalue weighted by atomic mass is 16.6. The van der Waals surface area contributed by atoms with E-state index in [0.29, 0.717) is 51.4 Å².